The fourth-order valence-corrected chi connectivity index (χ4v) is 1.97. The van der Waals surface area contributed by atoms with Crippen molar-refractivity contribution in [2.75, 3.05) is 6.61 Å². The zero-order valence-electron chi connectivity index (χ0n) is 12.5. The van der Waals surface area contributed by atoms with Gasteiger partial charge in [0.15, 0.2) is 0 Å². The number of ether oxygens (including phenoxy) is 1. The summed E-state index contributed by atoms with van der Waals surface area (Å²) in [5, 5.41) is 3.50. The minimum atomic E-state index is 0.171. The zero-order valence-corrected chi connectivity index (χ0v) is 12.5. The molecular formula is C17H27NO. The van der Waals surface area contributed by atoms with E-state index in [-0.39, 0.29) is 5.54 Å². The van der Waals surface area contributed by atoms with E-state index in [1.165, 1.54) is 30.4 Å². The Kier molecular flexibility index (Phi) is 5.00. The van der Waals surface area contributed by atoms with E-state index >= 15 is 0 Å². The molecule has 106 valence electrons. The van der Waals surface area contributed by atoms with Crippen LogP contribution in [-0.2, 0) is 17.9 Å². The lowest BCUT2D eigenvalue weighted by Crippen LogP contribution is -2.35. The van der Waals surface area contributed by atoms with Crippen molar-refractivity contribution >= 4 is 0 Å². The van der Waals surface area contributed by atoms with Gasteiger partial charge in [0.05, 0.1) is 6.61 Å². The van der Waals surface area contributed by atoms with E-state index in [2.05, 4.69) is 50.4 Å². The van der Waals surface area contributed by atoms with E-state index < -0.39 is 0 Å². The van der Waals surface area contributed by atoms with Crippen LogP contribution in [0.25, 0.3) is 0 Å². The average molecular weight is 261 g/mol. The minimum Gasteiger partial charge on any atom is -0.377 e. The topological polar surface area (TPSA) is 21.3 Å². The van der Waals surface area contributed by atoms with Gasteiger partial charge in [0, 0.05) is 18.7 Å². The van der Waals surface area contributed by atoms with E-state index in [0.29, 0.717) is 0 Å². The van der Waals surface area contributed by atoms with Crippen molar-refractivity contribution in [2.24, 2.45) is 5.92 Å². The van der Waals surface area contributed by atoms with Gasteiger partial charge >= 0.3 is 0 Å². The second kappa shape index (κ2) is 6.53. The molecule has 1 aliphatic carbocycles. The van der Waals surface area contributed by atoms with Crippen molar-refractivity contribution in [1.29, 1.82) is 0 Å². The number of benzene rings is 1. The Balaban J connectivity index is 1.68. The van der Waals surface area contributed by atoms with Crippen molar-refractivity contribution in [3.63, 3.8) is 0 Å². The number of nitrogens with one attached hydrogen (secondary N) is 1. The van der Waals surface area contributed by atoms with Crippen molar-refractivity contribution in [3.05, 3.63) is 35.4 Å². The Morgan fingerprint density at radius 2 is 1.74 bits per heavy atom. The van der Waals surface area contributed by atoms with Gasteiger partial charge in [0.2, 0.25) is 0 Å². The maximum Gasteiger partial charge on any atom is 0.0716 e. The molecule has 1 saturated carbocycles. The lowest BCUT2D eigenvalue weighted by Gasteiger charge is -2.20. The molecule has 0 heterocycles. The Labute approximate surface area is 117 Å². The molecule has 0 radical (unpaired) electrons. The zero-order chi connectivity index (χ0) is 13.7. The van der Waals surface area contributed by atoms with Crippen molar-refractivity contribution in [1.82, 2.24) is 5.32 Å². The molecule has 0 aromatic heterocycles. The summed E-state index contributed by atoms with van der Waals surface area (Å²) in [6.45, 7) is 9.16. The first kappa shape index (κ1) is 14.5. The fourth-order valence-electron chi connectivity index (χ4n) is 1.97. The summed E-state index contributed by atoms with van der Waals surface area (Å²) in [6, 6.07) is 8.74. The summed E-state index contributed by atoms with van der Waals surface area (Å²) < 4.78 is 5.71. The van der Waals surface area contributed by atoms with Crippen LogP contribution in [0.2, 0.25) is 0 Å². The highest BCUT2D eigenvalue weighted by molar-refractivity contribution is 5.22. The molecule has 2 nitrogen and oxygen atoms in total. The monoisotopic (exact) mass is 261 g/mol. The third-order valence-electron chi connectivity index (χ3n) is 3.48. The molecule has 1 aliphatic rings. The molecule has 1 aromatic carbocycles. The number of hydrogen-bond acceptors (Lipinski definition) is 2. The van der Waals surface area contributed by atoms with Gasteiger partial charge in [-0.2, -0.15) is 0 Å². The van der Waals surface area contributed by atoms with Crippen LogP contribution in [0.5, 0.6) is 0 Å². The van der Waals surface area contributed by atoms with E-state index in [0.717, 1.165) is 25.7 Å². The standard InChI is InChI=1S/C17H27NO/c1-17(2,3)18-12-15-6-8-16(9-7-15)13-19-11-10-14-4-5-14/h6-9,14,18H,4-5,10-13H2,1-3H3. The van der Waals surface area contributed by atoms with Crippen LogP contribution in [0, 0.1) is 5.92 Å². The molecule has 2 heteroatoms. The molecule has 0 unspecified atom stereocenters. The highest BCUT2D eigenvalue weighted by atomic mass is 16.5. The second-order valence-corrected chi connectivity index (χ2v) is 6.70. The van der Waals surface area contributed by atoms with Crippen LogP contribution < -0.4 is 5.32 Å². The maximum absolute atomic E-state index is 5.71. The summed E-state index contributed by atoms with van der Waals surface area (Å²) >= 11 is 0. The van der Waals surface area contributed by atoms with Crippen LogP contribution in [-0.4, -0.2) is 12.1 Å². The molecule has 1 N–H and O–H groups in total. The van der Waals surface area contributed by atoms with E-state index in [1.54, 1.807) is 0 Å². The first-order valence-electron chi connectivity index (χ1n) is 7.43. The summed E-state index contributed by atoms with van der Waals surface area (Å²) in [7, 11) is 0. The molecule has 0 spiro atoms. The first-order chi connectivity index (χ1) is 9.03. The number of rotatable bonds is 7. The summed E-state index contributed by atoms with van der Waals surface area (Å²) in [5.74, 6) is 0.964. The normalized spacial score (nSPS) is 15.7. The summed E-state index contributed by atoms with van der Waals surface area (Å²) in [6.07, 6.45) is 4.07. The third-order valence-corrected chi connectivity index (χ3v) is 3.48. The molecule has 0 saturated heterocycles. The summed E-state index contributed by atoms with van der Waals surface area (Å²) in [4.78, 5) is 0. The predicted octanol–water partition coefficient (Wildman–Crippen LogP) is 3.89. The third kappa shape index (κ3) is 6.22. The van der Waals surface area contributed by atoms with Crippen LogP contribution in [0.1, 0.15) is 51.2 Å². The minimum absolute atomic E-state index is 0.171. The molecule has 0 aliphatic heterocycles. The summed E-state index contributed by atoms with van der Waals surface area (Å²) in [5.41, 5.74) is 2.77. The van der Waals surface area contributed by atoms with Gasteiger partial charge in [-0.15, -0.1) is 0 Å². The molecule has 0 atom stereocenters. The molecule has 0 bridgehead atoms. The molecule has 0 amide bonds. The lowest BCUT2D eigenvalue weighted by atomic mass is 10.1. The quantitative estimate of drug-likeness (QED) is 0.752. The van der Waals surface area contributed by atoms with Crippen molar-refractivity contribution in [3.8, 4) is 0 Å². The Morgan fingerprint density at radius 3 is 2.32 bits per heavy atom. The van der Waals surface area contributed by atoms with E-state index in [1.807, 2.05) is 0 Å². The van der Waals surface area contributed by atoms with Crippen LogP contribution >= 0.6 is 0 Å². The van der Waals surface area contributed by atoms with Gasteiger partial charge in [-0.05, 0) is 44.2 Å². The SMILES string of the molecule is CC(C)(C)NCc1ccc(COCCC2CC2)cc1. The predicted molar refractivity (Wildman–Crippen MR) is 80.0 cm³/mol. The van der Waals surface area contributed by atoms with Gasteiger partial charge in [0.1, 0.15) is 0 Å². The highest BCUT2D eigenvalue weighted by Crippen LogP contribution is 2.32. The van der Waals surface area contributed by atoms with Crippen LogP contribution in [0.4, 0.5) is 0 Å². The molecule has 19 heavy (non-hydrogen) atoms. The smallest absolute Gasteiger partial charge is 0.0716 e. The van der Waals surface area contributed by atoms with Gasteiger partial charge in [-0.25, -0.2) is 0 Å². The van der Waals surface area contributed by atoms with Crippen molar-refractivity contribution < 1.29 is 4.74 Å². The van der Waals surface area contributed by atoms with E-state index in [9.17, 15) is 0 Å². The maximum atomic E-state index is 5.71. The lowest BCUT2D eigenvalue weighted by molar-refractivity contribution is 0.115. The molecule has 2 rings (SSSR count). The van der Waals surface area contributed by atoms with Crippen LogP contribution in [0.3, 0.4) is 0 Å². The van der Waals surface area contributed by atoms with Crippen molar-refractivity contribution in [2.45, 2.75) is 58.7 Å². The Morgan fingerprint density at radius 1 is 1.11 bits per heavy atom. The van der Waals surface area contributed by atoms with Crippen LogP contribution in [0.15, 0.2) is 24.3 Å². The average Bonchev–Trinajstić information content (AvgIpc) is 3.17. The number of hydrogen-bond donors (Lipinski definition) is 1. The fraction of sp³-hybridized carbons (Fsp3) is 0.647. The second-order valence-electron chi connectivity index (χ2n) is 6.70. The molecule has 1 fully saturated rings. The van der Waals surface area contributed by atoms with Gasteiger partial charge in [-0.1, -0.05) is 37.1 Å². The first-order valence-corrected chi connectivity index (χ1v) is 7.43. The Hall–Kier alpha value is -0.860. The highest BCUT2D eigenvalue weighted by Gasteiger charge is 2.20. The van der Waals surface area contributed by atoms with Gasteiger partial charge in [-0.3, -0.25) is 0 Å². The molecular weight excluding hydrogens is 234 g/mol. The van der Waals surface area contributed by atoms with Gasteiger partial charge < -0.3 is 10.1 Å². The Bertz CT molecular complexity index is 373. The van der Waals surface area contributed by atoms with E-state index in [4.69, 9.17) is 4.74 Å². The largest absolute Gasteiger partial charge is 0.377 e. The van der Waals surface area contributed by atoms with Gasteiger partial charge in [0.25, 0.3) is 0 Å². The molecule has 1 aromatic rings.